The highest BCUT2D eigenvalue weighted by Gasteiger charge is 2.30. The molecule has 1 amide bonds. The lowest BCUT2D eigenvalue weighted by atomic mass is 10.1. The van der Waals surface area contributed by atoms with E-state index in [-0.39, 0.29) is 19.1 Å². The van der Waals surface area contributed by atoms with E-state index in [9.17, 15) is 20.3 Å². The number of nitrogens with one attached hydrogen (secondary N) is 1. The smallest absolute Gasteiger partial charge is 0.224 e. The SMILES string of the molecule is CCCC(=O)Nc1cc(N(CCO)CCO)ccc1N=NC1SN=C(C)C1C#N. The van der Waals surface area contributed by atoms with Gasteiger partial charge in [-0.05, 0) is 31.5 Å². The highest BCUT2D eigenvalue weighted by molar-refractivity contribution is 7.99. The number of hydrogen-bond donors (Lipinski definition) is 3. The fraction of sp³-hybridized carbons (Fsp3) is 0.526. The summed E-state index contributed by atoms with van der Waals surface area (Å²) in [6, 6.07) is 7.45. The number of benzene rings is 1. The van der Waals surface area contributed by atoms with Gasteiger partial charge in [0.1, 0.15) is 11.6 Å². The lowest BCUT2D eigenvalue weighted by Crippen LogP contribution is -2.29. The summed E-state index contributed by atoms with van der Waals surface area (Å²) in [4.78, 5) is 14.0. The van der Waals surface area contributed by atoms with Gasteiger partial charge in [-0.2, -0.15) is 15.5 Å². The Morgan fingerprint density at radius 3 is 2.72 bits per heavy atom. The third kappa shape index (κ3) is 6.25. The van der Waals surface area contributed by atoms with Gasteiger partial charge in [0.2, 0.25) is 5.91 Å². The molecule has 156 valence electrons. The van der Waals surface area contributed by atoms with Crippen LogP contribution in [0, 0.1) is 17.2 Å². The second kappa shape index (κ2) is 11.5. The largest absolute Gasteiger partial charge is 0.395 e. The molecule has 29 heavy (non-hydrogen) atoms. The molecular formula is C19H26N6O3S. The third-order valence-electron chi connectivity index (χ3n) is 4.29. The molecule has 2 atom stereocenters. The molecule has 0 aromatic heterocycles. The molecule has 2 rings (SSSR count). The van der Waals surface area contributed by atoms with Gasteiger partial charge in [-0.25, -0.2) is 4.40 Å². The molecule has 10 heteroatoms. The average molecular weight is 419 g/mol. The highest BCUT2D eigenvalue weighted by Crippen LogP contribution is 2.35. The van der Waals surface area contributed by atoms with Gasteiger partial charge in [0.25, 0.3) is 0 Å². The third-order valence-corrected chi connectivity index (χ3v) is 5.27. The molecular weight excluding hydrogens is 392 g/mol. The van der Waals surface area contributed by atoms with Crippen LogP contribution in [0.3, 0.4) is 0 Å². The number of anilines is 2. The van der Waals surface area contributed by atoms with Crippen LogP contribution in [0.25, 0.3) is 0 Å². The number of carbonyl (C=O) groups is 1. The fourth-order valence-corrected chi connectivity index (χ4v) is 3.64. The number of aliphatic hydroxyl groups excluding tert-OH is 2. The predicted molar refractivity (Wildman–Crippen MR) is 114 cm³/mol. The minimum absolute atomic E-state index is 0.0627. The first-order chi connectivity index (χ1) is 14.0. The number of aliphatic hydroxyl groups is 2. The van der Waals surface area contributed by atoms with Crippen molar-refractivity contribution in [3.05, 3.63) is 18.2 Å². The summed E-state index contributed by atoms with van der Waals surface area (Å²) in [6.45, 7) is 4.28. The zero-order valence-corrected chi connectivity index (χ0v) is 17.4. The van der Waals surface area contributed by atoms with Gasteiger partial charge in [-0.3, -0.25) is 4.79 Å². The molecule has 0 saturated heterocycles. The van der Waals surface area contributed by atoms with E-state index in [0.29, 0.717) is 37.3 Å². The second-order valence-electron chi connectivity index (χ2n) is 6.48. The van der Waals surface area contributed by atoms with E-state index in [1.165, 1.54) is 11.9 Å². The zero-order valence-electron chi connectivity index (χ0n) is 16.6. The molecule has 1 aliphatic heterocycles. The lowest BCUT2D eigenvalue weighted by Gasteiger charge is -2.24. The van der Waals surface area contributed by atoms with Gasteiger partial charge in [-0.15, -0.1) is 0 Å². The molecule has 0 bridgehead atoms. The Morgan fingerprint density at radius 1 is 1.38 bits per heavy atom. The molecule has 1 aromatic rings. The van der Waals surface area contributed by atoms with E-state index >= 15 is 0 Å². The Bertz CT molecular complexity index is 802. The number of nitrogens with zero attached hydrogens (tertiary/aromatic N) is 5. The van der Waals surface area contributed by atoms with Crippen LogP contribution in [0.2, 0.25) is 0 Å². The first-order valence-electron chi connectivity index (χ1n) is 9.45. The van der Waals surface area contributed by atoms with E-state index in [4.69, 9.17) is 0 Å². The Balaban J connectivity index is 2.31. The summed E-state index contributed by atoms with van der Waals surface area (Å²) in [5.74, 6) is -0.563. The monoisotopic (exact) mass is 418 g/mol. The Labute approximate surface area is 174 Å². The molecule has 1 heterocycles. The number of azo groups is 1. The van der Waals surface area contributed by atoms with Crippen LogP contribution in [-0.2, 0) is 4.79 Å². The van der Waals surface area contributed by atoms with Crippen LogP contribution in [0.5, 0.6) is 0 Å². The molecule has 1 aliphatic rings. The molecule has 9 nitrogen and oxygen atoms in total. The maximum atomic E-state index is 12.2. The maximum Gasteiger partial charge on any atom is 0.224 e. The van der Waals surface area contributed by atoms with Crippen molar-refractivity contribution in [3.8, 4) is 6.07 Å². The van der Waals surface area contributed by atoms with Crippen LogP contribution in [-0.4, -0.2) is 53.5 Å². The van der Waals surface area contributed by atoms with Crippen LogP contribution in [0.1, 0.15) is 26.7 Å². The average Bonchev–Trinajstić information content (AvgIpc) is 3.06. The van der Waals surface area contributed by atoms with Crippen LogP contribution >= 0.6 is 11.9 Å². The quantitative estimate of drug-likeness (QED) is 0.395. The number of amides is 1. The van der Waals surface area contributed by atoms with Crippen molar-refractivity contribution in [3.63, 3.8) is 0 Å². The van der Waals surface area contributed by atoms with Crippen LogP contribution in [0.4, 0.5) is 17.1 Å². The summed E-state index contributed by atoms with van der Waals surface area (Å²) < 4.78 is 4.19. The Morgan fingerprint density at radius 2 is 2.10 bits per heavy atom. The van der Waals surface area contributed by atoms with Gasteiger partial charge < -0.3 is 20.4 Å². The Hall–Kier alpha value is -2.48. The van der Waals surface area contributed by atoms with Gasteiger partial charge in [0.15, 0.2) is 5.37 Å². The standard InChI is InChI=1S/C19H26N6O3S/c1-3-4-18(28)21-17-11-14(25(7-9-26)8-10-27)5-6-16(17)22-23-19-15(12-20)13(2)24-29-19/h5-6,11,15,19,26-27H,3-4,7-10H2,1-2H3,(H,21,28). The van der Waals surface area contributed by atoms with Crippen LogP contribution in [0.15, 0.2) is 32.8 Å². The summed E-state index contributed by atoms with van der Waals surface area (Å²) >= 11 is 1.21. The van der Waals surface area contributed by atoms with Crippen molar-refractivity contribution in [2.45, 2.75) is 32.1 Å². The number of rotatable bonds is 10. The summed E-state index contributed by atoms with van der Waals surface area (Å²) in [6.07, 6.45) is 1.09. The Kier molecular flexibility index (Phi) is 9.05. The molecule has 0 aliphatic carbocycles. The molecule has 2 unspecified atom stereocenters. The van der Waals surface area contributed by atoms with E-state index in [0.717, 1.165) is 11.4 Å². The zero-order chi connectivity index (χ0) is 21.2. The van der Waals surface area contributed by atoms with E-state index in [2.05, 4.69) is 26.0 Å². The summed E-state index contributed by atoms with van der Waals surface area (Å²) in [7, 11) is 0. The van der Waals surface area contributed by atoms with Gasteiger partial charge >= 0.3 is 0 Å². The highest BCUT2D eigenvalue weighted by atomic mass is 32.2. The topological polar surface area (TPSA) is 134 Å². The van der Waals surface area contributed by atoms with Crippen molar-refractivity contribution in [2.75, 3.05) is 36.5 Å². The van der Waals surface area contributed by atoms with E-state index in [1.807, 2.05) is 11.8 Å². The van der Waals surface area contributed by atoms with Crippen molar-refractivity contribution in [2.24, 2.45) is 20.5 Å². The summed E-state index contributed by atoms with van der Waals surface area (Å²) in [5, 5.41) is 38.8. The molecule has 0 spiro atoms. The van der Waals surface area contributed by atoms with Crippen molar-refractivity contribution < 1.29 is 15.0 Å². The first-order valence-corrected chi connectivity index (χ1v) is 10.3. The predicted octanol–water partition coefficient (Wildman–Crippen LogP) is 2.89. The van der Waals surface area contributed by atoms with E-state index in [1.54, 1.807) is 25.1 Å². The number of hydrogen-bond acceptors (Lipinski definition) is 9. The van der Waals surface area contributed by atoms with Gasteiger partial charge in [-0.1, -0.05) is 6.92 Å². The molecule has 0 fully saturated rings. The van der Waals surface area contributed by atoms with Gasteiger partial charge in [0.05, 0.1) is 25.0 Å². The minimum Gasteiger partial charge on any atom is -0.395 e. The molecule has 0 radical (unpaired) electrons. The minimum atomic E-state index is -0.425. The van der Waals surface area contributed by atoms with Crippen LogP contribution < -0.4 is 10.2 Å². The van der Waals surface area contributed by atoms with Crippen molar-refractivity contribution >= 4 is 40.6 Å². The number of carbonyl (C=O) groups excluding carboxylic acids is 1. The van der Waals surface area contributed by atoms with Gasteiger partial charge in [0, 0.05) is 42.9 Å². The lowest BCUT2D eigenvalue weighted by molar-refractivity contribution is -0.116. The summed E-state index contributed by atoms with van der Waals surface area (Å²) in [5.41, 5.74) is 2.41. The second-order valence-corrected chi connectivity index (χ2v) is 7.36. The fourth-order valence-electron chi connectivity index (χ4n) is 2.78. The number of nitriles is 1. The molecule has 3 N–H and O–H groups in total. The van der Waals surface area contributed by atoms with Crippen molar-refractivity contribution in [1.82, 2.24) is 0 Å². The normalized spacial score (nSPS) is 18.5. The molecule has 1 aromatic carbocycles. The van der Waals surface area contributed by atoms with E-state index < -0.39 is 11.3 Å². The molecule has 0 saturated carbocycles. The maximum absolute atomic E-state index is 12.2. The van der Waals surface area contributed by atoms with Crippen molar-refractivity contribution in [1.29, 1.82) is 5.26 Å². The first kappa shape index (κ1) is 22.8.